The lowest BCUT2D eigenvalue weighted by atomic mass is 10.1. The minimum atomic E-state index is 0.0928. The second kappa shape index (κ2) is 8.11. The van der Waals surface area contributed by atoms with E-state index < -0.39 is 0 Å². The molecule has 0 aliphatic carbocycles. The molecular formula is C19H24N2O3. The summed E-state index contributed by atoms with van der Waals surface area (Å²) in [7, 11) is 0. The molecule has 2 heterocycles. The van der Waals surface area contributed by atoms with Crippen LogP contribution in [0.2, 0.25) is 0 Å². The lowest BCUT2D eigenvalue weighted by Crippen LogP contribution is -2.32. The monoisotopic (exact) mass is 328 g/mol. The summed E-state index contributed by atoms with van der Waals surface area (Å²) in [5.74, 6) is 0.801. The van der Waals surface area contributed by atoms with Gasteiger partial charge in [-0.1, -0.05) is 19.1 Å². The lowest BCUT2D eigenvalue weighted by molar-refractivity contribution is 0.0432. The standard InChI is InChI=1S/C19H24N2O3/c1-2-12-23-17-4-3-10-21(11-9-17)19(22)16-7-5-15(6-8-16)18-13-20-14-24-18/h5-8,13-14,17H,2-4,9-12H2,1H3/t17-/m1/s1. The van der Waals surface area contributed by atoms with Crippen LogP contribution in [0.15, 0.2) is 41.3 Å². The number of aromatic nitrogens is 1. The van der Waals surface area contributed by atoms with Crippen molar-refractivity contribution in [3.05, 3.63) is 42.4 Å². The molecule has 1 fully saturated rings. The second-order valence-electron chi connectivity index (χ2n) is 6.16. The van der Waals surface area contributed by atoms with Crippen molar-refractivity contribution in [2.75, 3.05) is 19.7 Å². The zero-order valence-electron chi connectivity index (χ0n) is 14.1. The molecule has 2 aromatic rings. The molecule has 0 saturated carbocycles. The molecule has 0 N–H and O–H groups in total. The average molecular weight is 328 g/mol. The van der Waals surface area contributed by atoms with Gasteiger partial charge in [0.05, 0.1) is 12.3 Å². The Hall–Kier alpha value is -2.14. The van der Waals surface area contributed by atoms with E-state index in [9.17, 15) is 4.79 Å². The number of benzene rings is 1. The van der Waals surface area contributed by atoms with Crippen LogP contribution in [0.4, 0.5) is 0 Å². The zero-order chi connectivity index (χ0) is 16.8. The number of hydrogen-bond acceptors (Lipinski definition) is 4. The lowest BCUT2D eigenvalue weighted by Gasteiger charge is -2.21. The van der Waals surface area contributed by atoms with Gasteiger partial charge in [0, 0.05) is 30.8 Å². The number of hydrogen-bond donors (Lipinski definition) is 0. The molecule has 128 valence electrons. The summed E-state index contributed by atoms with van der Waals surface area (Å²) in [5, 5.41) is 0. The van der Waals surface area contributed by atoms with E-state index in [0.29, 0.717) is 11.3 Å². The fourth-order valence-corrected chi connectivity index (χ4v) is 3.04. The number of carbonyl (C=O) groups is 1. The molecular weight excluding hydrogens is 304 g/mol. The highest BCUT2D eigenvalue weighted by molar-refractivity contribution is 5.94. The van der Waals surface area contributed by atoms with E-state index in [4.69, 9.17) is 9.15 Å². The van der Waals surface area contributed by atoms with Crippen LogP contribution in [-0.2, 0) is 4.74 Å². The Morgan fingerprint density at radius 2 is 2.12 bits per heavy atom. The van der Waals surface area contributed by atoms with Crippen LogP contribution >= 0.6 is 0 Å². The molecule has 5 heteroatoms. The predicted octanol–water partition coefficient (Wildman–Crippen LogP) is 3.76. The third kappa shape index (κ3) is 4.03. The summed E-state index contributed by atoms with van der Waals surface area (Å²) < 4.78 is 11.1. The minimum absolute atomic E-state index is 0.0928. The van der Waals surface area contributed by atoms with Gasteiger partial charge in [-0.25, -0.2) is 4.98 Å². The van der Waals surface area contributed by atoms with Gasteiger partial charge in [-0.15, -0.1) is 0 Å². The molecule has 1 saturated heterocycles. The molecule has 5 nitrogen and oxygen atoms in total. The Bertz CT molecular complexity index is 637. The summed E-state index contributed by atoms with van der Waals surface area (Å²) in [5.41, 5.74) is 1.64. The first kappa shape index (κ1) is 16.7. The smallest absolute Gasteiger partial charge is 0.253 e. The summed E-state index contributed by atoms with van der Waals surface area (Å²) in [6.07, 6.45) is 7.35. The molecule has 0 bridgehead atoms. The predicted molar refractivity (Wildman–Crippen MR) is 91.7 cm³/mol. The molecule has 0 spiro atoms. The summed E-state index contributed by atoms with van der Waals surface area (Å²) in [4.78, 5) is 18.6. The van der Waals surface area contributed by atoms with Crippen molar-refractivity contribution in [3.8, 4) is 11.3 Å². The van der Waals surface area contributed by atoms with Gasteiger partial charge in [0.15, 0.2) is 12.2 Å². The number of rotatable bonds is 5. The number of ether oxygens (including phenoxy) is 1. The van der Waals surface area contributed by atoms with E-state index in [1.165, 1.54) is 6.39 Å². The van der Waals surface area contributed by atoms with Crippen LogP contribution in [0, 0.1) is 0 Å². The van der Waals surface area contributed by atoms with Crippen molar-refractivity contribution in [3.63, 3.8) is 0 Å². The second-order valence-corrected chi connectivity index (χ2v) is 6.16. The SMILES string of the molecule is CCCO[C@@H]1CCCN(C(=O)c2ccc(-c3cnco3)cc2)CC1. The molecule has 1 aliphatic heterocycles. The molecule has 1 atom stereocenters. The fourth-order valence-electron chi connectivity index (χ4n) is 3.04. The van der Waals surface area contributed by atoms with Crippen LogP contribution in [0.25, 0.3) is 11.3 Å². The normalized spacial score (nSPS) is 18.4. The van der Waals surface area contributed by atoms with Crippen LogP contribution in [0.5, 0.6) is 0 Å². The van der Waals surface area contributed by atoms with Gasteiger partial charge >= 0.3 is 0 Å². The van der Waals surface area contributed by atoms with Gasteiger partial charge in [0.1, 0.15) is 0 Å². The molecule has 1 aromatic heterocycles. The van der Waals surface area contributed by atoms with Crippen LogP contribution in [-0.4, -0.2) is 41.6 Å². The maximum Gasteiger partial charge on any atom is 0.253 e. The first-order valence-electron chi connectivity index (χ1n) is 8.67. The van der Waals surface area contributed by atoms with Crippen molar-refractivity contribution < 1.29 is 13.9 Å². The van der Waals surface area contributed by atoms with Gasteiger partial charge in [0.2, 0.25) is 0 Å². The average Bonchev–Trinajstić information content (AvgIpc) is 3.06. The molecule has 3 rings (SSSR count). The van der Waals surface area contributed by atoms with Crippen molar-refractivity contribution in [1.82, 2.24) is 9.88 Å². The van der Waals surface area contributed by atoms with E-state index in [-0.39, 0.29) is 12.0 Å². The number of nitrogens with zero attached hydrogens (tertiary/aromatic N) is 2. The minimum Gasteiger partial charge on any atom is -0.444 e. The van der Waals surface area contributed by atoms with Gasteiger partial charge in [-0.3, -0.25) is 4.79 Å². The molecule has 1 amide bonds. The van der Waals surface area contributed by atoms with Crippen molar-refractivity contribution in [2.45, 2.75) is 38.7 Å². The van der Waals surface area contributed by atoms with Crippen LogP contribution in [0.1, 0.15) is 43.0 Å². The molecule has 1 aliphatic rings. The summed E-state index contributed by atoms with van der Waals surface area (Å²) in [6, 6.07) is 7.52. The quantitative estimate of drug-likeness (QED) is 0.838. The van der Waals surface area contributed by atoms with Gasteiger partial charge in [0.25, 0.3) is 5.91 Å². The topological polar surface area (TPSA) is 55.6 Å². The van der Waals surface area contributed by atoms with E-state index in [0.717, 1.165) is 50.9 Å². The fraction of sp³-hybridized carbons (Fsp3) is 0.474. The molecule has 24 heavy (non-hydrogen) atoms. The third-order valence-electron chi connectivity index (χ3n) is 4.37. The number of oxazole rings is 1. The number of carbonyl (C=O) groups excluding carboxylic acids is 1. The Balaban J connectivity index is 1.61. The van der Waals surface area contributed by atoms with Crippen molar-refractivity contribution in [2.24, 2.45) is 0 Å². The summed E-state index contributed by atoms with van der Waals surface area (Å²) >= 11 is 0. The van der Waals surface area contributed by atoms with E-state index >= 15 is 0 Å². The van der Waals surface area contributed by atoms with E-state index in [2.05, 4.69) is 11.9 Å². The Morgan fingerprint density at radius 1 is 1.29 bits per heavy atom. The van der Waals surface area contributed by atoms with Gasteiger partial charge in [-0.05, 0) is 37.8 Å². The van der Waals surface area contributed by atoms with Crippen molar-refractivity contribution >= 4 is 5.91 Å². The van der Waals surface area contributed by atoms with E-state index in [1.807, 2.05) is 29.2 Å². The third-order valence-corrected chi connectivity index (χ3v) is 4.37. The first-order chi connectivity index (χ1) is 11.8. The maximum absolute atomic E-state index is 12.7. The molecule has 1 aromatic carbocycles. The molecule has 0 radical (unpaired) electrons. The largest absolute Gasteiger partial charge is 0.444 e. The van der Waals surface area contributed by atoms with Crippen LogP contribution < -0.4 is 0 Å². The molecule has 0 unspecified atom stereocenters. The maximum atomic E-state index is 12.7. The highest BCUT2D eigenvalue weighted by Crippen LogP contribution is 2.21. The van der Waals surface area contributed by atoms with Crippen molar-refractivity contribution in [1.29, 1.82) is 0 Å². The Labute approximate surface area is 142 Å². The Morgan fingerprint density at radius 3 is 2.83 bits per heavy atom. The van der Waals surface area contributed by atoms with Gasteiger partial charge < -0.3 is 14.1 Å². The zero-order valence-corrected chi connectivity index (χ0v) is 14.1. The Kier molecular flexibility index (Phi) is 5.64. The summed E-state index contributed by atoms with van der Waals surface area (Å²) in [6.45, 7) is 4.49. The first-order valence-corrected chi connectivity index (χ1v) is 8.67. The highest BCUT2D eigenvalue weighted by Gasteiger charge is 2.21. The number of amides is 1. The van der Waals surface area contributed by atoms with Gasteiger partial charge in [-0.2, -0.15) is 0 Å². The van der Waals surface area contributed by atoms with Crippen LogP contribution in [0.3, 0.4) is 0 Å². The number of likely N-dealkylation sites (tertiary alicyclic amines) is 1. The van der Waals surface area contributed by atoms with E-state index in [1.54, 1.807) is 6.20 Å². The highest BCUT2D eigenvalue weighted by atomic mass is 16.5.